The van der Waals surface area contributed by atoms with Crippen molar-refractivity contribution >= 4 is 50.3 Å². The summed E-state index contributed by atoms with van der Waals surface area (Å²) in [5, 5.41) is 7.44. The van der Waals surface area contributed by atoms with Crippen molar-refractivity contribution in [1.82, 2.24) is 14.9 Å². The highest BCUT2D eigenvalue weighted by atomic mass is 79.9. The van der Waals surface area contributed by atoms with Gasteiger partial charge >= 0.3 is 0 Å². The molecule has 0 radical (unpaired) electrons. The molecule has 1 aromatic heterocycles. The first-order chi connectivity index (χ1) is 16.1. The molecular weight excluding hydrogens is 478 g/mol. The van der Waals surface area contributed by atoms with Crippen LogP contribution in [0.1, 0.15) is 47.0 Å². The van der Waals surface area contributed by atoms with Gasteiger partial charge in [0.1, 0.15) is 18.4 Å². The number of fused-ring (bicyclic) bond motifs is 1. The van der Waals surface area contributed by atoms with E-state index in [1.54, 1.807) is 6.33 Å². The van der Waals surface area contributed by atoms with Crippen LogP contribution in [0.4, 0.5) is 17.2 Å². The van der Waals surface area contributed by atoms with E-state index >= 15 is 0 Å². The zero-order chi connectivity index (χ0) is 24.5. The van der Waals surface area contributed by atoms with Gasteiger partial charge in [-0.2, -0.15) is 0 Å². The third-order valence-corrected chi connectivity index (χ3v) is 5.40. The highest BCUT2D eigenvalue weighted by Gasteiger charge is 2.06. The molecule has 0 bridgehead atoms. The van der Waals surface area contributed by atoms with Crippen LogP contribution in [0.25, 0.3) is 10.9 Å². The summed E-state index contributed by atoms with van der Waals surface area (Å²) in [6.07, 6.45) is 6.62. The monoisotopic (exact) mass is 515 g/mol. The van der Waals surface area contributed by atoms with Crippen LogP contribution in [-0.4, -0.2) is 47.8 Å². The molecule has 2 heterocycles. The Kier molecular flexibility index (Phi) is 14.7. The number of carbonyl (C=O) groups excluding carboxylic acids is 1. The van der Waals surface area contributed by atoms with Gasteiger partial charge in [0.05, 0.1) is 5.52 Å². The summed E-state index contributed by atoms with van der Waals surface area (Å²) in [4.78, 5) is 20.0. The second kappa shape index (κ2) is 17.0. The van der Waals surface area contributed by atoms with Crippen LogP contribution in [0.3, 0.4) is 0 Å². The van der Waals surface area contributed by atoms with E-state index in [9.17, 15) is 0 Å². The van der Waals surface area contributed by atoms with E-state index in [2.05, 4.69) is 48.4 Å². The zero-order valence-corrected chi connectivity index (χ0v) is 22.2. The average molecular weight is 517 g/mol. The number of aromatic nitrogens is 2. The Balaban J connectivity index is 0.000000348. The fraction of sp³-hybridized carbons (Fsp3) is 0.423. The van der Waals surface area contributed by atoms with Crippen LogP contribution >= 0.6 is 15.9 Å². The van der Waals surface area contributed by atoms with Crippen molar-refractivity contribution in [3.63, 3.8) is 0 Å². The van der Waals surface area contributed by atoms with Crippen LogP contribution < -0.4 is 10.6 Å². The number of hydrogen-bond donors (Lipinski definition) is 2. The SMILES string of the molecule is CC.CC=O.CCN1CCCCC1.CNc1ccc2ncnc(Nc3cccc(Br)c3)c2c1. The first-order valence-corrected chi connectivity index (χ1v) is 12.5. The van der Waals surface area contributed by atoms with Gasteiger partial charge in [-0.1, -0.05) is 49.2 Å². The van der Waals surface area contributed by atoms with Crippen LogP contribution in [-0.2, 0) is 4.79 Å². The van der Waals surface area contributed by atoms with Gasteiger partial charge in [0.15, 0.2) is 0 Å². The number of anilines is 3. The van der Waals surface area contributed by atoms with Crippen LogP contribution in [0, 0.1) is 0 Å². The summed E-state index contributed by atoms with van der Waals surface area (Å²) < 4.78 is 1.02. The Bertz CT molecular complexity index is 945. The molecule has 2 aromatic carbocycles. The van der Waals surface area contributed by atoms with Crippen molar-refractivity contribution in [2.45, 2.75) is 47.0 Å². The molecule has 0 unspecified atom stereocenters. The van der Waals surface area contributed by atoms with Crippen molar-refractivity contribution in [3.8, 4) is 0 Å². The quantitative estimate of drug-likeness (QED) is 0.368. The summed E-state index contributed by atoms with van der Waals surface area (Å²) >= 11 is 3.47. The zero-order valence-electron chi connectivity index (χ0n) is 20.6. The molecule has 6 nitrogen and oxygen atoms in total. The fourth-order valence-corrected chi connectivity index (χ4v) is 3.69. The molecule has 1 saturated heterocycles. The molecule has 0 atom stereocenters. The van der Waals surface area contributed by atoms with Gasteiger partial charge in [0, 0.05) is 28.3 Å². The Morgan fingerprint density at radius 1 is 1.03 bits per heavy atom. The molecule has 180 valence electrons. The number of likely N-dealkylation sites (tertiary alicyclic amines) is 1. The minimum Gasteiger partial charge on any atom is -0.388 e. The third-order valence-electron chi connectivity index (χ3n) is 4.91. The number of carbonyl (C=O) groups is 1. The fourth-order valence-electron chi connectivity index (χ4n) is 3.29. The molecule has 4 rings (SSSR count). The van der Waals surface area contributed by atoms with Gasteiger partial charge in [0.2, 0.25) is 0 Å². The summed E-state index contributed by atoms with van der Waals surface area (Å²) in [5.74, 6) is 0.796. The molecule has 7 heteroatoms. The lowest BCUT2D eigenvalue weighted by molar-refractivity contribution is -0.106. The normalized spacial score (nSPS) is 12.7. The van der Waals surface area contributed by atoms with Crippen molar-refractivity contribution in [1.29, 1.82) is 0 Å². The van der Waals surface area contributed by atoms with Crippen molar-refractivity contribution in [2.24, 2.45) is 0 Å². The third kappa shape index (κ3) is 10.3. The van der Waals surface area contributed by atoms with E-state index in [0.29, 0.717) is 0 Å². The number of piperidine rings is 1. The van der Waals surface area contributed by atoms with Crippen LogP contribution in [0.5, 0.6) is 0 Å². The maximum absolute atomic E-state index is 8.81. The van der Waals surface area contributed by atoms with Gasteiger partial charge in [0.25, 0.3) is 0 Å². The number of benzene rings is 2. The summed E-state index contributed by atoms with van der Waals surface area (Å²) in [6, 6.07) is 14.0. The summed E-state index contributed by atoms with van der Waals surface area (Å²) in [7, 11) is 1.90. The molecule has 2 N–H and O–H groups in total. The lowest BCUT2D eigenvalue weighted by atomic mass is 10.1. The predicted octanol–water partition coefficient (Wildman–Crippen LogP) is 6.90. The summed E-state index contributed by atoms with van der Waals surface area (Å²) in [6.45, 7) is 11.6. The van der Waals surface area contributed by atoms with Gasteiger partial charge in [-0.25, -0.2) is 9.97 Å². The second-order valence-electron chi connectivity index (χ2n) is 7.07. The van der Waals surface area contributed by atoms with E-state index in [0.717, 1.165) is 38.9 Å². The smallest absolute Gasteiger partial charge is 0.141 e. The maximum atomic E-state index is 8.81. The van der Waals surface area contributed by atoms with Crippen LogP contribution in [0.2, 0.25) is 0 Å². The highest BCUT2D eigenvalue weighted by Crippen LogP contribution is 2.26. The van der Waals surface area contributed by atoms with Crippen LogP contribution in [0.15, 0.2) is 53.3 Å². The highest BCUT2D eigenvalue weighted by molar-refractivity contribution is 9.10. The largest absolute Gasteiger partial charge is 0.388 e. The van der Waals surface area contributed by atoms with Crippen molar-refractivity contribution in [2.75, 3.05) is 37.3 Å². The van der Waals surface area contributed by atoms with Gasteiger partial charge in [-0.05, 0) is 75.8 Å². The number of nitrogens with one attached hydrogen (secondary N) is 2. The Hall–Kier alpha value is -2.51. The van der Waals surface area contributed by atoms with Crippen molar-refractivity contribution < 1.29 is 4.79 Å². The number of halogens is 1. The number of aldehydes is 1. The molecule has 33 heavy (non-hydrogen) atoms. The van der Waals surface area contributed by atoms with Gasteiger partial charge < -0.3 is 20.3 Å². The Labute approximate surface area is 207 Å². The molecule has 1 aliphatic heterocycles. The van der Waals surface area contributed by atoms with E-state index in [1.807, 2.05) is 63.4 Å². The second-order valence-corrected chi connectivity index (χ2v) is 7.99. The topological polar surface area (TPSA) is 70.2 Å². The molecule has 0 aliphatic carbocycles. The van der Waals surface area contributed by atoms with Gasteiger partial charge in [-0.3, -0.25) is 0 Å². The van der Waals surface area contributed by atoms with E-state index in [1.165, 1.54) is 45.8 Å². The van der Waals surface area contributed by atoms with E-state index in [4.69, 9.17) is 4.79 Å². The minimum absolute atomic E-state index is 0.750. The standard InChI is InChI=1S/C15H13BrN4.C7H15N.C2H4O.C2H6/c1-17-11-5-6-14-13(8-11)15(19-9-18-14)20-12-4-2-3-10(16)7-12;1-2-8-6-4-3-5-7-8;1-2-3;1-2/h2-9,17H,1H3,(H,18,19,20);2-7H2,1H3;2H,1H3;1-2H3. The molecule has 0 saturated carbocycles. The average Bonchev–Trinajstić information content (AvgIpc) is 2.87. The molecular formula is C26H38BrN5O. The van der Waals surface area contributed by atoms with Crippen molar-refractivity contribution in [3.05, 3.63) is 53.3 Å². The molecule has 0 amide bonds. The number of hydrogen-bond acceptors (Lipinski definition) is 6. The minimum atomic E-state index is 0.750. The molecule has 0 spiro atoms. The molecule has 1 fully saturated rings. The maximum Gasteiger partial charge on any atom is 0.141 e. The summed E-state index contributed by atoms with van der Waals surface area (Å²) in [5.41, 5.74) is 2.93. The first kappa shape index (κ1) is 28.5. The van der Waals surface area contributed by atoms with E-state index in [-0.39, 0.29) is 0 Å². The van der Waals surface area contributed by atoms with Gasteiger partial charge in [-0.15, -0.1) is 0 Å². The first-order valence-electron chi connectivity index (χ1n) is 11.7. The lowest BCUT2D eigenvalue weighted by Crippen LogP contribution is -2.29. The Morgan fingerprint density at radius 3 is 2.30 bits per heavy atom. The van der Waals surface area contributed by atoms with E-state index < -0.39 is 0 Å². The Morgan fingerprint density at radius 2 is 1.73 bits per heavy atom. The molecule has 3 aromatic rings. The molecule has 1 aliphatic rings. The number of rotatable bonds is 4. The lowest BCUT2D eigenvalue weighted by Gasteiger charge is -2.24. The predicted molar refractivity (Wildman–Crippen MR) is 146 cm³/mol. The number of nitrogens with zero attached hydrogens (tertiary/aromatic N) is 3.